The number of hydrogen-bond acceptors (Lipinski definition) is 6. The normalized spacial score (nSPS) is 17.0. The summed E-state index contributed by atoms with van der Waals surface area (Å²) in [7, 11) is 1.77. The van der Waals surface area contributed by atoms with Crippen LogP contribution in [0.5, 0.6) is 0 Å². The van der Waals surface area contributed by atoms with Crippen molar-refractivity contribution in [1.29, 1.82) is 10.5 Å². The van der Waals surface area contributed by atoms with E-state index in [4.69, 9.17) is 4.98 Å². The van der Waals surface area contributed by atoms with Crippen molar-refractivity contribution in [3.05, 3.63) is 59.7 Å². The molecule has 0 saturated heterocycles. The van der Waals surface area contributed by atoms with Crippen LogP contribution < -0.4 is 5.32 Å². The quantitative estimate of drug-likeness (QED) is 0.695. The van der Waals surface area contributed by atoms with Crippen molar-refractivity contribution in [2.45, 2.75) is 6.17 Å². The Kier molecular flexibility index (Phi) is 3.04. The maximum absolute atomic E-state index is 9.24. The van der Waals surface area contributed by atoms with Gasteiger partial charge in [0.2, 0.25) is 0 Å². The predicted octanol–water partition coefficient (Wildman–Crippen LogP) is 2.58. The zero-order chi connectivity index (χ0) is 16.7. The lowest BCUT2D eigenvalue weighted by Gasteiger charge is -2.22. The molecule has 0 aliphatic carbocycles. The number of hydrogen-bond donors (Lipinski definition) is 1. The molecule has 0 bridgehead atoms. The highest BCUT2D eigenvalue weighted by atomic mass is 15.3. The average Bonchev–Trinajstić information content (AvgIpc) is 2.96. The molecule has 0 saturated carbocycles. The molecule has 4 rings (SSSR count). The van der Waals surface area contributed by atoms with E-state index in [-0.39, 0.29) is 11.9 Å². The van der Waals surface area contributed by atoms with Crippen LogP contribution in [-0.4, -0.2) is 21.9 Å². The van der Waals surface area contributed by atoms with E-state index in [1.165, 1.54) is 0 Å². The Bertz CT molecular complexity index is 1090. The number of rotatable bonds is 1. The number of nitrogens with one attached hydrogen (secondary N) is 1. The molecule has 3 heterocycles. The topological polar surface area (TPSA) is 88.6 Å². The van der Waals surface area contributed by atoms with Gasteiger partial charge in [0.1, 0.15) is 24.0 Å². The number of nitriles is 2. The number of pyridine rings is 2. The van der Waals surface area contributed by atoms with E-state index < -0.39 is 0 Å². The van der Waals surface area contributed by atoms with Crippen molar-refractivity contribution in [1.82, 2.24) is 20.2 Å². The summed E-state index contributed by atoms with van der Waals surface area (Å²) in [6, 6.07) is 15.9. The molecule has 114 valence electrons. The van der Waals surface area contributed by atoms with E-state index in [9.17, 15) is 10.5 Å². The van der Waals surface area contributed by atoms with Crippen LogP contribution in [-0.2, 0) is 0 Å². The summed E-state index contributed by atoms with van der Waals surface area (Å²) < 4.78 is 0. The number of benzene rings is 1. The maximum atomic E-state index is 9.24. The monoisotopic (exact) mass is 312 g/mol. The maximum Gasteiger partial charge on any atom is 0.152 e. The lowest BCUT2D eigenvalue weighted by molar-refractivity contribution is 0.320. The third-order valence-electron chi connectivity index (χ3n) is 4.21. The molecule has 24 heavy (non-hydrogen) atoms. The van der Waals surface area contributed by atoms with Crippen LogP contribution in [0.25, 0.3) is 21.8 Å². The van der Waals surface area contributed by atoms with Gasteiger partial charge in [-0.3, -0.25) is 4.98 Å². The minimum atomic E-state index is -0.349. The van der Waals surface area contributed by atoms with Crippen molar-refractivity contribution in [3.8, 4) is 12.1 Å². The highest BCUT2D eigenvalue weighted by Gasteiger charge is 2.30. The van der Waals surface area contributed by atoms with Gasteiger partial charge in [0.25, 0.3) is 0 Å². The second-order valence-corrected chi connectivity index (χ2v) is 5.55. The van der Waals surface area contributed by atoms with E-state index in [2.05, 4.69) is 16.4 Å². The summed E-state index contributed by atoms with van der Waals surface area (Å²) in [6.45, 7) is 0. The molecule has 0 spiro atoms. The molecule has 6 heteroatoms. The molecule has 1 aliphatic heterocycles. The van der Waals surface area contributed by atoms with Gasteiger partial charge in [-0.1, -0.05) is 24.3 Å². The predicted molar refractivity (Wildman–Crippen MR) is 88.9 cm³/mol. The lowest BCUT2D eigenvalue weighted by atomic mass is 10.1. The second kappa shape index (κ2) is 5.22. The second-order valence-electron chi connectivity index (χ2n) is 5.55. The minimum absolute atomic E-state index is 0.267. The van der Waals surface area contributed by atoms with Gasteiger partial charge in [0.15, 0.2) is 5.70 Å². The van der Waals surface area contributed by atoms with E-state index in [0.29, 0.717) is 5.70 Å². The van der Waals surface area contributed by atoms with Gasteiger partial charge in [-0.05, 0) is 12.1 Å². The first-order valence-electron chi connectivity index (χ1n) is 7.41. The Labute approximate surface area is 138 Å². The van der Waals surface area contributed by atoms with E-state index >= 15 is 0 Å². The summed E-state index contributed by atoms with van der Waals surface area (Å²) in [5.74, 6) is 0. The zero-order valence-electron chi connectivity index (χ0n) is 12.9. The lowest BCUT2D eigenvalue weighted by Crippen LogP contribution is -2.26. The SMILES string of the molecule is CN1C(C#N)=C(C#N)NC1c1ccc2ccc3cccnc3c2n1. The first-order valence-corrected chi connectivity index (χ1v) is 7.41. The molecule has 1 unspecified atom stereocenters. The summed E-state index contributed by atoms with van der Waals surface area (Å²) in [4.78, 5) is 10.9. The molecule has 0 amide bonds. The molecule has 6 nitrogen and oxygen atoms in total. The van der Waals surface area contributed by atoms with Crippen LogP contribution in [0, 0.1) is 22.7 Å². The van der Waals surface area contributed by atoms with Crippen molar-refractivity contribution < 1.29 is 0 Å². The third kappa shape index (κ3) is 1.94. The number of fused-ring (bicyclic) bond motifs is 3. The summed E-state index contributed by atoms with van der Waals surface area (Å²) in [5, 5.41) is 23.5. The van der Waals surface area contributed by atoms with E-state index in [1.54, 1.807) is 18.1 Å². The Morgan fingerprint density at radius 2 is 1.79 bits per heavy atom. The fourth-order valence-electron chi connectivity index (χ4n) is 2.99. The summed E-state index contributed by atoms with van der Waals surface area (Å²) in [6.07, 6.45) is 1.40. The molecule has 1 N–H and O–H groups in total. The number of nitrogens with zero attached hydrogens (tertiary/aromatic N) is 5. The van der Waals surface area contributed by atoms with Crippen LogP contribution in [0.2, 0.25) is 0 Å². The Morgan fingerprint density at radius 3 is 2.50 bits per heavy atom. The van der Waals surface area contributed by atoms with Crippen molar-refractivity contribution >= 4 is 21.8 Å². The van der Waals surface area contributed by atoms with E-state index in [0.717, 1.165) is 27.5 Å². The van der Waals surface area contributed by atoms with Crippen LogP contribution in [0.4, 0.5) is 0 Å². The number of aromatic nitrogens is 2. The highest BCUT2D eigenvalue weighted by molar-refractivity contribution is 6.02. The first kappa shape index (κ1) is 14.0. The standard InChI is InChI=1S/C18H12N6/c1-24-15(10-20)14(9-19)23-18(24)13-7-6-12-5-4-11-3-2-8-21-16(11)17(12)22-13/h2-8,18,23H,1H3. The molecule has 3 aromatic rings. The van der Waals surface area contributed by atoms with Gasteiger partial charge in [-0.15, -0.1) is 0 Å². The molecule has 1 aromatic carbocycles. The molecule has 1 aliphatic rings. The van der Waals surface area contributed by atoms with Gasteiger partial charge < -0.3 is 10.2 Å². The molecular formula is C18H12N6. The van der Waals surface area contributed by atoms with Crippen LogP contribution >= 0.6 is 0 Å². The summed E-state index contributed by atoms with van der Waals surface area (Å²) >= 11 is 0. The smallest absolute Gasteiger partial charge is 0.152 e. The highest BCUT2D eigenvalue weighted by Crippen LogP contribution is 2.30. The molecular weight excluding hydrogens is 300 g/mol. The summed E-state index contributed by atoms with van der Waals surface area (Å²) in [5.41, 5.74) is 2.97. The van der Waals surface area contributed by atoms with Crippen LogP contribution in [0.3, 0.4) is 0 Å². The van der Waals surface area contributed by atoms with Gasteiger partial charge in [-0.2, -0.15) is 10.5 Å². The minimum Gasteiger partial charge on any atom is -0.349 e. The molecule has 2 aromatic heterocycles. The Balaban J connectivity index is 1.86. The van der Waals surface area contributed by atoms with Crippen molar-refractivity contribution in [3.63, 3.8) is 0 Å². The molecule has 0 radical (unpaired) electrons. The fraction of sp³-hybridized carbons (Fsp3) is 0.111. The van der Waals surface area contributed by atoms with Crippen LogP contribution in [0.1, 0.15) is 11.9 Å². The van der Waals surface area contributed by atoms with E-state index in [1.807, 2.05) is 42.5 Å². The molecule has 0 fully saturated rings. The first-order chi connectivity index (χ1) is 11.7. The third-order valence-corrected chi connectivity index (χ3v) is 4.21. The van der Waals surface area contributed by atoms with Crippen molar-refractivity contribution in [2.24, 2.45) is 0 Å². The molecule has 1 atom stereocenters. The van der Waals surface area contributed by atoms with Gasteiger partial charge >= 0.3 is 0 Å². The largest absolute Gasteiger partial charge is 0.349 e. The zero-order valence-corrected chi connectivity index (χ0v) is 12.9. The number of allylic oxidation sites excluding steroid dienone is 2. The van der Waals surface area contributed by atoms with Crippen molar-refractivity contribution in [2.75, 3.05) is 7.05 Å². The van der Waals surface area contributed by atoms with Crippen LogP contribution in [0.15, 0.2) is 54.0 Å². The van der Waals surface area contributed by atoms with Gasteiger partial charge in [0.05, 0.1) is 16.7 Å². The Morgan fingerprint density at radius 1 is 1.04 bits per heavy atom. The average molecular weight is 312 g/mol. The van der Waals surface area contributed by atoms with Gasteiger partial charge in [0, 0.05) is 24.0 Å². The fourth-order valence-corrected chi connectivity index (χ4v) is 2.99. The Hall–Kier alpha value is -3.64. The van der Waals surface area contributed by atoms with Gasteiger partial charge in [-0.25, -0.2) is 4.98 Å².